The molecular formula is C18H18ClF3N2O4. The Balaban J connectivity index is 0.000000280. The van der Waals surface area contributed by atoms with E-state index in [1.54, 1.807) is 6.92 Å². The molecule has 0 bridgehead atoms. The van der Waals surface area contributed by atoms with Crippen molar-refractivity contribution in [3.8, 4) is 5.75 Å². The van der Waals surface area contributed by atoms with Crippen LogP contribution in [0.15, 0.2) is 36.4 Å². The van der Waals surface area contributed by atoms with Crippen LogP contribution in [0.5, 0.6) is 5.75 Å². The molecule has 0 aliphatic carbocycles. The Morgan fingerprint density at radius 2 is 1.93 bits per heavy atom. The van der Waals surface area contributed by atoms with Crippen molar-refractivity contribution in [2.24, 2.45) is 5.92 Å². The molecule has 1 atom stereocenters. The standard InChI is InChI=1S/C11H13ClO2.C7H5F3N2O2/c1-8-3-4-11(10(12)5-8)14-7-9(2)6-13;8-7(9,10)5-3-4(11)1-2-6(5)12(13)14/h3-6,9H,7H2,1-2H3;1-3H,11H2. The van der Waals surface area contributed by atoms with E-state index in [-0.39, 0.29) is 11.6 Å². The van der Waals surface area contributed by atoms with Gasteiger partial charge in [0.05, 0.1) is 16.6 Å². The molecule has 0 aliphatic heterocycles. The number of nitro groups is 1. The number of hydrogen-bond acceptors (Lipinski definition) is 5. The molecule has 0 heterocycles. The molecule has 0 saturated carbocycles. The number of anilines is 1. The highest BCUT2D eigenvalue weighted by atomic mass is 35.5. The Kier molecular flexibility index (Phi) is 8.24. The normalized spacial score (nSPS) is 11.8. The van der Waals surface area contributed by atoms with E-state index in [2.05, 4.69) is 0 Å². The minimum Gasteiger partial charge on any atom is -0.491 e. The molecule has 2 aromatic rings. The zero-order chi connectivity index (χ0) is 21.5. The smallest absolute Gasteiger partial charge is 0.423 e. The number of aldehydes is 1. The van der Waals surface area contributed by atoms with Gasteiger partial charge < -0.3 is 15.3 Å². The minimum atomic E-state index is -4.77. The summed E-state index contributed by atoms with van der Waals surface area (Å²) in [6.45, 7) is 4.13. The number of alkyl halides is 3. The van der Waals surface area contributed by atoms with Crippen molar-refractivity contribution in [3.63, 3.8) is 0 Å². The summed E-state index contributed by atoms with van der Waals surface area (Å²) in [4.78, 5) is 19.5. The zero-order valence-corrected chi connectivity index (χ0v) is 15.8. The van der Waals surface area contributed by atoms with E-state index in [0.717, 1.165) is 24.0 Å². The Morgan fingerprint density at radius 3 is 2.43 bits per heavy atom. The zero-order valence-electron chi connectivity index (χ0n) is 15.0. The van der Waals surface area contributed by atoms with E-state index in [4.69, 9.17) is 22.1 Å². The van der Waals surface area contributed by atoms with Gasteiger partial charge in [0, 0.05) is 17.7 Å². The molecule has 6 nitrogen and oxygen atoms in total. The molecule has 0 amide bonds. The highest BCUT2D eigenvalue weighted by Crippen LogP contribution is 2.36. The Hall–Kier alpha value is -2.81. The lowest BCUT2D eigenvalue weighted by molar-refractivity contribution is -0.388. The molecule has 1 unspecified atom stereocenters. The van der Waals surface area contributed by atoms with Crippen LogP contribution in [0.2, 0.25) is 5.02 Å². The number of aryl methyl sites for hydroxylation is 1. The predicted molar refractivity (Wildman–Crippen MR) is 99.4 cm³/mol. The van der Waals surface area contributed by atoms with Crippen molar-refractivity contribution >= 4 is 29.3 Å². The molecule has 0 fully saturated rings. The van der Waals surface area contributed by atoms with Gasteiger partial charge in [-0.15, -0.1) is 0 Å². The molecule has 0 radical (unpaired) electrons. The number of hydrogen-bond donors (Lipinski definition) is 1. The largest absolute Gasteiger partial charge is 0.491 e. The molecule has 28 heavy (non-hydrogen) atoms. The van der Waals surface area contributed by atoms with E-state index in [0.29, 0.717) is 23.4 Å². The van der Waals surface area contributed by atoms with Gasteiger partial charge >= 0.3 is 6.18 Å². The van der Waals surface area contributed by atoms with Crippen LogP contribution in [0.25, 0.3) is 0 Å². The molecule has 2 aromatic carbocycles. The third-order valence-corrected chi connectivity index (χ3v) is 3.64. The maximum atomic E-state index is 12.2. The number of carbonyl (C=O) groups is 1. The number of nitrogen functional groups attached to an aromatic ring is 1. The molecule has 10 heteroatoms. The van der Waals surface area contributed by atoms with Gasteiger partial charge in [0.2, 0.25) is 0 Å². The number of ether oxygens (including phenoxy) is 1. The summed E-state index contributed by atoms with van der Waals surface area (Å²) >= 11 is 5.94. The lowest BCUT2D eigenvalue weighted by Gasteiger charge is -2.09. The number of nitrogens with two attached hydrogens (primary N) is 1. The van der Waals surface area contributed by atoms with Crippen LogP contribution in [-0.4, -0.2) is 17.8 Å². The van der Waals surface area contributed by atoms with Crippen LogP contribution < -0.4 is 10.5 Å². The molecule has 0 spiro atoms. The lowest BCUT2D eigenvalue weighted by Crippen LogP contribution is -2.09. The molecule has 0 saturated heterocycles. The first-order valence-corrected chi connectivity index (χ1v) is 8.28. The Bertz CT molecular complexity index is 844. The van der Waals surface area contributed by atoms with Crippen LogP contribution in [0, 0.1) is 23.0 Å². The van der Waals surface area contributed by atoms with E-state index in [1.165, 1.54) is 0 Å². The van der Waals surface area contributed by atoms with Crippen molar-refractivity contribution in [1.82, 2.24) is 0 Å². The fraction of sp³-hybridized carbons (Fsp3) is 0.278. The Labute approximate surface area is 164 Å². The van der Waals surface area contributed by atoms with Gasteiger partial charge in [-0.1, -0.05) is 24.6 Å². The van der Waals surface area contributed by atoms with Crippen LogP contribution >= 0.6 is 11.6 Å². The first-order chi connectivity index (χ1) is 13.0. The second kappa shape index (κ2) is 9.93. The quantitative estimate of drug-likeness (QED) is 0.317. The number of carbonyl (C=O) groups excluding carboxylic acids is 1. The summed E-state index contributed by atoms with van der Waals surface area (Å²) in [5.74, 6) is 0.526. The highest BCUT2D eigenvalue weighted by Gasteiger charge is 2.38. The monoisotopic (exact) mass is 418 g/mol. The second-order valence-corrected chi connectivity index (χ2v) is 6.30. The number of halogens is 4. The van der Waals surface area contributed by atoms with Crippen LogP contribution in [0.1, 0.15) is 18.1 Å². The predicted octanol–water partition coefficient (Wildman–Crippen LogP) is 5.06. The van der Waals surface area contributed by atoms with E-state index in [9.17, 15) is 28.1 Å². The maximum Gasteiger partial charge on any atom is 0.423 e. The molecule has 0 aromatic heterocycles. The number of nitrogens with zero attached hydrogens (tertiary/aromatic N) is 1. The van der Waals surface area contributed by atoms with Crippen LogP contribution in [0.3, 0.4) is 0 Å². The van der Waals surface area contributed by atoms with Gasteiger partial charge in [-0.3, -0.25) is 10.1 Å². The minimum absolute atomic E-state index is 0.104. The maximum absolute atomic E-state index is 12.2. The van der Waals surface area contributed by atoms with Crippen molar-refractivity contribution in [2.45, 2.75) is 20.0 Å². The topological polar surface area (TPSA) is 95.5 Å². The first-order valence-electron chi connectivity index (χ1n) is 7.91. The van der Waals surface area contributed by atoms with Crippen LogP contribution in [0.4, 0.5) is 24.5 Å². The van der Waals surface area contributed by atoms with E-state index in [1.807, 2.05) is 25.1 Å². The first kappa shape index (κ1) is 23.2. The fourth-order valence-corrected chi connectivity index (χ4v) is 2.21. The molecular weight excluding hydrogens is 401 g/mol. The average molecular weight is 419 g/mol. The van der Waals surface area contributed by atoms with Gasteiger partial charge in [0.25, 0.3) is 5.69 Å². The third-order valence-electron chi connectivity index (χ3n) is 3.34. The number of rotatable bonds is 5. The summed E-state index contributed by atoms with van der Waals surface area (Å²) in [5, 5.41) is 10.8. The Morgan fingerprint density at radius 1 is 1.29 bits per heavy atom. The van der Waals surface area contributed by atoms with E-state index >= 15 is 0 Å². The second-order valence-electron chi connectivity index (χ2n) is 5.89. The van der Waals surface area contributed by atoms with Crippen molar-refractivity contribution in [1.29, 1.82) is 0 Å². The summed E-state index contributed by atoms with van der Waals surface area (Å²) in [5.41, 5.74) is 3.70. The van der Waals surface area contributed by atoms with E-state index < -0.39 is 22.4 Å². The summed E-state index contributed by atoms with van der Waals surface area (Å²) in [6, 6.07) is 7.90. The van der Waals surface area contributed by atoms with Gasteiger partial charge in [0.15, 0.2) is 0 Å². The van der Waals surface area contributed by atoms with Crippen molar-refractivity contribution in [3.05, 3.63) is 62.7 Å². The van der Waals surface area contributed by atoms with Crippen LogP contribution in [-0.2, 0) is 11.0 Å². The average Bonchev–Trinajstić information content (AvgIpc) is 2.60. The number of nitro benzene ring substituents is 1. The summed E-state index contributed by atoms with van der Waals surface area (Å²) in [7, 11) is 0. The third kappa shape index (κ3) is 7.07. The highest BCUT2D eigenvalue weighted by molar-refractivity contribution is 6.32. The molecule has 152 valence electrons. The van der Waals surface area contributed by atoms with Crippen molar-refractivity contribution in [2.75, 3.05) is 12.3 Å². The number of benzene rings is 2. The molecule has 0 aliphatic rings. The van der Waals surface area contributed by atoms with Gasteiger partial charge in [-0.05, 0) is 36.8 Å². The molecule has 2 rings (SSSR count). The van der Waals surface area contributed by atoms with Gasteiger partial charge in [0.1, 0.15) is 17.6 Å². The fourth-order valence-electron chi connectivity index (χ4n) is 1.92. The summed E-state index contributed by atoms with van der Waals surface area (Å²) < 4.78 is 42.1. The molecule has 2 N–H and O–H groups in total. The van der Waals surface area contributed by atoms with Gasteiger partial charge in [-0.25, -0.2) is 0 Å². The SMILES string of the molecule is Cc1ccc(OCC(C)C=O)c(Cl)c1.Nc1ccc([N+](=O)[O-])c(C(F)(F)F)c1. The van der Waals surface area contributed by atoms with Gasteiger partial charge in [-0.2, -0.15) is 13.2 Å². The van der Waals surface area contributed by atoms with Crippen molar-refractivity contribution < 1.29 is 27.6 Å². The summed E-state index contributed by atoms with van der Waals surface area (Å²) in [6.07, 6.45) is -3.90. The lowest BCUT2D eigenvalue weighted by atomic mass is 10.1.